The third-order valence-corrected chi connectivity index (χ3v) is 3.11. The minimum absolute atomic E-state index is 0.0753. The van der Waals surface area contributed by atoms with Crippen LogP contribution in [0.5, 0.6) is 5.75 Å². The number of carbonyl (C=O) groups is 2. The molecule has 2 rings (SSSR count). The highest BCUT2D eigenvalue weighted by Crippen LogP contribution is 2.34. The Kier molecular flexibility index (Phi) is 4.00. The molecule has 0 spiro atoms. The molecule has 0 bridgehead atoms. The van der Waals surface area contributed by atoms with Gasteiger partial charge in [-0.3, -0.25) is 9.59 Å². The standard InChI is InChI=1S/C15H17NO3/c1-3-10-16-12-6-5-7-13(19-15(18)4-2)11(12)8-9-14(16)17/h3,5-7H,1,4,8-10H2,2H3. The summed E-state index contributed by atoms with van der Waals surface area (Å²) in [5, 5.41) is 0. The SMILES string of the molecule is C=CCN1C(=O)CCc2c(OC(=O)CC)cccc21. The molecule has 0 atom stereocenters. The van der Waals surface area contributed by atoms with Gasteiger partial charge in [0.05, 0.1) is 5.69 Å². The van der Waals surface area contributed by atoms with Crippen LogP contribution < -0.4 is 9.64 Å². The summed E-state index contributed by atoms with van der Waals surface area (Å²) in [6, 6.07) is 5.44. The van der Waals surface area contributed by atoms with Crippen LogP contribution in [0.15, 0.2) is 30.9 Å². The van der Waals surface area contributed by atoms with Gasteiger partial charge < -0.3 is 9.64 Å². The summed E-state index contributed by atoms with van der Waals surface area (Å²) in [7, 11) is 0. The Balaban J connectivity index is 2.38. The largest absolute Gasteiger partial charge is 0.426 e. The average Bonchev–Trinajstić information content (AvgIpc) is 2.42. The Hall–Kier alpha value is -2.10. The number of hydrogen-bond acceptors (Lipinski definition) is 3. The van der Waals surface area contributed by atoms with E-state index in [1.54, 1.807) is 30.0 Å². The van der Waals surface area contributed by atoms with Gasteiger partial charge in [-0.15, -0.1) is 6.58 Å². The second-order valence-corrected chi connectivity index (χ2v) is 4.37. The summed E-state index contributed by atoms with van der Waals surface area (Å²) in [4.78, 5) is 25.0. The van der Waals surface area contributed by atoms with Crippen LogP contribution in [0.25, 0.3) is 0 Å². The molecular weight excluding hydrogens is 242 g/mol. The number of fused-ring (bicyclic) bond motifs is 1. The summed E-state index contributed by atoms with van der Waals surface area (Å²) < 4.78 is 5.32. The number of hydrogen-bond donors (Lipinski definition) is 0. The zero-order valence-electron chi connectivity index (χ0n) is 11.0. The first-order valence-corrected chi connectivity index (χ1v) is 6.41. The van der Waals surface area contributed by atoms with Crippen molar-refractivity contribution in [3.05, 3.63) is 36.4 Å². The molecule has 1 aromatic carbocycles. The lowest BCUT2D eigenvalue weighted by Gasteiger charge is -2.29. The third kappa shape index (κ3) is 2.67. The lowest BCUT2D eigenvalue weighted by atomic mass is 10.00. The van der Waals surface area contributed by atoms with Gasteiger partial charge in [-0.05, 0) is 18.6 Å². The highest BCUT2D eigenvalue weighted by Gasteiger charge is 2.26. The molecule has 0 fully saturated rings. The van der Waals surface area contributed by atoms with Crippen LogP contribution in [0.2, 0.25) is 0 Å². The number of carbonyl (C=O) groups excluding carboxylic acids is 2. The monoisotopic (exact) mass is 259 g/mol. The van der Waals surface area contributed by atoms with Gasteiger partial charge in [0.25, 0.3) is 0 Å². The first-order chi connectivity index (χ1) is 9.17. The van der Waals surface area contributed by atoms with Crippen molar-refractivity contribution >= 4 is 17.6 Å². The zero-order valence-corrected chi connectivity index (χ0v) is 11.0. The van der Waals surface area contributed by atoms with Crippen LogP contribution in [-0.4, -0.2) is 18.4 Å². The molecule has 19 heavy (non-hydrogen) atoms. The lowest BCUT2D eigenvalue weighted by molar-refractivity contribution is -0.134. The Morgan fingerprint density at radius 3 is 2.95 bits per heavy atom. The molecule has 1 amide bonds. The fourth-order valence-electron chi connectivity index (χ4n) is 2.18. The van der Waals surface area contributed by atoms with Gasteiger partial charge in [-0.1, -0.05) is 19.1 Å². The number of anilines is 1. The van der Waals surface area contributed by atoms with Gasteiger partial charge in [0.2, 0.25) is 5.91 Å². The molecule has 0 aliphatic carbocycles. The minimum atomic E-state index is -0.263. The van der Waals surface area contributed by atoms with E-state index in [1.807, 2.05) is 6.07 Å². The molecule has 0 saturated carbocycles. The summed E-state index contributed by atoms with van der Waals surface area (Å²) in [5.41, 5.74) is 1.74. The fourth-order valence-corrected chi connectivity index (χ4v) is 2.18. The van der Waals surface area contributed by atoms with Crippen molar-refractivity contribution in [2.75, 3.05) is 11.4 Å². The van der Waals surface area contributed by atoms with Crippen molar-refractivity contribution < 1.29 is 14.3 Å². The Morgan fingerprint density at radius 2 is 2.26 bits per heavy atom. The van der Waals surface area contributed by atoms with E-state index in [0.717, 1.165) is 11.3 Å². The fraction of sp³-hybridized carbons (Fsp3) is 0.333. The third-order valence-electron chi connectivity index (χ3n) is 3.11. The van der Waals surface area contributed by atoms with Gasteiger partial charge in [-0.2, -0.15) is 0 Å². The molecular formula is C15H17NO3. The van der Waals surface area contributed by atoms with Gasteiger partial charge in [0.1, 0.15) is 5.75 Å². The summed E-state index contributed by atoms with van der Waals surface area (Å²) >= 11 is 0. The number of ether oxygens (including phenoxy) is 1. The van der Waals surface area contributed by atoms with E-state index in [9.17, 15) is 9.59 Å². The Morgan fingerprint density at radius 1 is 1.47 bits per heavy atom. The quantitative estimate of drug-likeness (QED) is 0.474. The predicted octanol–water partition coefficient (Wildman–Crippen LogP) is 2.47. The zero-order chi connectivity index (χ0) is 13.8. The van der Waals surface area contributed by atoms with E-state index in [-0.39, 0.29) is 11.9 Å². The van der Waals surface area contributed by atoms with Gasteiger partial charge in [-0.25, -0.2) is 0 Å². The van der Waals surface area contributed by atoms with E-state index in [0.29, 0.717) is 31.6 Å². The molecule has 1 aromatic rings. The van der Waals surface area contributed by atoms with E-state index in [1.165, 1.54) is 0 Å². The van der Waals surface area contributed by atoms with Crippen molar-refractivity contribution in [2.45, 2.75) is 26.2 Å². The molecule has 4 heteroatoms. The molecule has 1 heterocycles. The van der Waals surface area contributed by atoms with Crippen LogP contribution in [0.3, 0.4) is 0 Å². The topological polar surface area (TPSA) is 46.6 Å². The maximum absolute atomic E-state index is 11.9. The number of benzene rings is 1. The minimum Gasteiger partial charge on any atom is -0.426 e. The summed E-state index contributed by atoms with van der Waals surface area (Å²) in [6.07, 6.45) is 3.06. The smallest absolute Gasteiger partial charge is 0.310 e. The molecule has 100 valence electrons. The van der Waals surface area contributed by atoms with E-state index >= 15 is 0 Å². The second-order valence-electron chi connectivity index (χ2n) is 4.37. The highest BCUT2D eigenvalue weighted by atomic mass is 16.5. The van der Waals surface area contributed by atoms with Crippen molar-refractivity contribution in [1.82, 2.24) is 0 Å². The number of amides is 1. The van der Waals surface area contributed by atoms with E-state index in [2.05, 4.69) is 6.58 Å². The normalized spacial score (nSPS) is 13.9. The van der Waals surface area contributed by atoms with Crippen LogP contribution >= 0.6 is 0 Å². The maximum Gasteiger partial charge on any atom is 0.310 e. The van der Waals surface area contributed by atoms with Crippen molar-refractivity contribution in [2.24, 2.45) is 0 Å². The Bertz CT molecular complexity index is 522. The first-order valence-electron chi connectivity index (χ1n) is 6.41. The lowest BCUT2D eigenvalue weighted by Crippen LogP contribution is -2.35. The molecule has 4 nitrogen and oxygen atoms in total. The first kappa shape index (κ1) is 13.3. The highest BCUT2D eigenvalue weighted by molar-refractivity contribution is 5.97. The summed E-state index contributed by atoms with van der Waals surface area (Å²) in [6.45, 7) is 5.89. The molecule has 1 aliphatic heterocycles. The van der Waals surface area contributed by atoms with Crippen molar-refractivity contribution in [1.29, 1.82) is 0 Å². The van der Waals surface area contributed by atoms with Gasteiger partial charge in [0, 0.05) is 24.9 Å². The number of esters is 1. The van der Waals surface area contributed by atoms with Crippen LogP contribution in [0.4, 0.5) is 5.69 Å². The number of nitrogens with zero attached hydrogens (tertiary/aromatic N) is 1. The Labute approximate surface area is 112 Å². The average molecular weight is 259 g/mol. The van der Waals surface area contributed by atoms with Crippen LogP contribution in [0.1, 0.15) is 25.3 Å². The van der Waals surface area contributed by atoms with Gasteiger partial charge in [0.15, 0.2) is 0 Å². The molecule has 0 aromatic heterocycles. The van der Waals surface area contributed by atoms with Crippen molar-refractivity contribution in [3.8, 4) is 5.75 Å². The summed E-state index contributed by atoms with van der Waals surface area (Å²) in [5.74, 6) is 0.373. The van der Waals surface area contributed by atoms with Crippen LogP contribution in [-0.2, 0) is 16.0 Å². The molecule has 0 radical (unpaired) electrons. The van der Waals surface area contributed by atoms with E-state index in [4.69, 9.17) is 4.74 Å². The molecule has 1 aliphatic rings. The predicted molar refractivity (Wildman–Crippen MR) is 73.2 cm³/mol. The number of rotatable bonds is 4. The van der Waals surface area contributed by atoms with E-state index < -0.39 is 0 Å². The van der Waals surface area contributed by atoms with Crippen LogP contribution in [0, 0.1) is 0 Å². The second kappa shape index (κ2) is 5.69. The van der Waals surface area contributed by atoms with Gasteiger partial charge >= 0.3 is 5.97 Å². The van der Waals surface area contributed by atoms with Crippen molar-refractivity contribution in [3.63, 3.8) is 0 Å². The molecule has 0 saturated heterocycles. The maximum atomic E-state index is 11.9. The molecule has 0 N–H and O–H groups in total. The molecule has 0 unspecified atom stereocenters.